The Kier molecular flexibility index (Phi) is 7.76. The Morgan fingerprint density at radius 1 is 1.23 bits per heavy atom. The number of amides is 1. The Bertz CT molecular complexity index is 1520. The van der Waals surface area contributed by atoms with E-state index in [1.54, 1.807) is 43.1 Å². The van der Waals surface area contributed by atoms with Crippen LogP contribution in [0.2, 0.25) is 0 Å². The molecule has 0 unspecified atom stereocenters. The first-order valence-electron chi connectivity index (χ1n) is 12.7. The summed E-state index contributed by atoms with van der Waals surface area (Å²) in [5, 5.41) is 4.53. The first-order valence-corrected chi connectivity index (χ1v) is 13.6. The number of pyridine rings is 1. The molecule has 0 spiro atoms. The van der Waals surface area contributed by atoms with Crippen molar-refractivity contribution in [2.45, 2.75) is 26.3 Å². The van der Waals surface area contributed by atoms with Crippen molar-refractivity contribution in [2.75, 3.05) is 39.6 Å². The summed E-state index contributed by atoms with van der Waals surface area (Å²) in [7, 11) is 5.55. The number of fused-ring (bicyclic) bond motifs is 3. The smallest absolute Gasteiger partial charge is 0.246 e. The quantitative estimate of drug-likeness (QED) is 0.291. The second-order valence-corrected chi connectivity index (χ2v) is 11.0. The van der Waals surface area contributed by atoms with Crippen LogP contribution >= 0.6 is 11.3 Å². The number of ether oxygens (including phenoxy) is 2. The molecule has 4 heterocycles. The molecule has 1 N–H and O–H groups in total. The number of thiophene rings is 1. The maximum absolute atomic E-state index is 12.8. The Labute approximate surface area is 232 Å². The number of aromatic nitrogens is 3. The van der Waals surface area contributed by atoms with Gasteiger partial charge in [-0.25, -0.2) is 15.0 Å². The zero-order valence-electron chi connectivity index (χ0n) is 22.8. The maximum Gasteiger partial charge on any atom is 0.246 e. The molecule has 9 nitrogen and oxygen atoms in total. The fourth-order valence-corrected chi connectivity index (χ4v) is 5.96. The second-order valence-electron chi connectivity index (χ2n) is 9.87. The van der Waals surface area contributed by atoms with Crippen molar-refractivity contribution in [3.63, 3.8) is 0 Å². The average molecular weight is 545 g/mol. The lowest BCUT2D eigenvalue weighted by Crippen LogP contribution is -2.36. The lowest BCUT2D eigenvalue weighted by atomic mass is 9.94. The summed E-state index contributed by atoms with van der Waals surface area (Å²) in [5.74, 6) is 2.89. The lowest BCUT2D eigenvalue weighted by molar-refractivity contribution is -0.127. The molecular weight excluding hydrogens is 512 g/mol. The van der Waals surface area contributed by atoms with Crippen LogP contribution in [-0.4, -0.2) is 65.0 Å². The molecule has 202 valence electrons. The van der Waals surface area contributed by atoms with E-state index in [4.69, 9.17) is 9.47 Å². The van der Waals surface area contributed by atoms with Crippen LogP contribution in [0.3, 0.4) is 0 Å². The summed E-state index contributed by atoms with van der Waals surface area (Å²) in [6.07, 6.45) is 6.81. The predicted octanol–water partition coefficient (Wildman–Crippen LogP) is 5.50. The third-order valence-electron chi connectivity index (χ3n) is 6.55. The van der Waals surface area contributed by atoms with Gasteiger partial charge in [-0.15, -0.1) is 11.3 Å². The van der Waals surface area contributed by atoms with Gasteiger partial charge in [0.05, 0.1) is 25.2 Å². The van der Waals surface area contributed by atoms with E-state index in [0.29, 0.717) is 24.7 Å². The van der Waals surface area contributed by atoms with Crippen molar-refractivity contribution < 1.29 is 14.3 Å². The van der Waals surface area contributed by atoms with E-state index >= 15 is 0 Å². The van der Waals surface area contributed by atoms with Gasteiger partial charge >= 0.3 is 0 Å². The molecule has 39 heavy (non-hydrogen) atoms. The minimum atomic E-state index is 0.0412. The molecule has 0 aliphatic carbocycles. The van der Waals surface area contributed by atoms with Crippen molar-refractivity contribution >= 4 is 39.0 Å². The predicted molar refractivity (Wildman–Crippen MR) is 154 cm³/mol. The molecule has 0 fully saturated rings. The largest absolute Gasteiger partial charge is 0.481 e. The van der Waals surface area contributed by atoms with Crippen LogP contribution in [0.1, 0.15) is 28.8 Å². The summed E-state index contributed by atoms with van der Waals surface area (Å²) in [6.45, 7) is 6.13. The number of methoxy groups -OCH3 is 1. The van der Waals surface area contributed by atoms with Gasteiger partial charge in [0, 0.05) is 41.7 Å². The van der Waals surface area contributed by atoms with Gasteiger partial charge < -0.3 is 24.6 Å². The number of hydrogen-bond donors (Lipinski definition) is 1. The molecule has 1 atom stereocenters. The molecule has 3 aromatic heterocycles. The number of benzene rings is 1. The molecule has 1 aliphatic rings. The van der Waals surface area contributed by atoms with E-state index in [2.05, 4.69) is 27.2 Å². The van der Waals surface area contributed by atoms with Gasteiger partial charge in [-0.05, 0) is 56.4 Å². The minimum Gasteiger partial charge on any atom is -0.481 e. The third-order valence-corrected chi connectivity index (χ3v) is 7.65. The minimum absolute atomic E-state index is 0.0412. The number of likely N-dealkylation sites (N-methyl/N-ethyl adjacent to an activating group) is 1. The molecule has 0 saturated heterocycles. The SMILES string of the molecule is COc1ccc(Oc2ccc(Nc3ncnc4sc5c(c34)[C@H](C)CN(C(=O)/C=C/CN(C)C)C5)cc2C)cn1. The first-order chi connectivity index (χ1) is 18.8. The summed E-state index contributed by atoms with van der Waals surface area (Å²) in [5.41, 5.74) is 3.10. The van der Waals surface area contributed by atoms with Crippen LogP contribution in [0.25, 0.3) is 10.2 Å². The maximum atomic E-state index is 12.8. The highest BCUT2D eigenvalue weighted by molar-refractivity contribution is 7.19. The van der Waals surface area contributed by atoms with Gasteiger partial charge in [-0.2, -0.15) is 0 Å². The van der Waals surface area contributed by atoms with Crippen molar-refractivity contribution in [3.8, 4) is 17.4 Å². The highest BCUT2D eigenvalue weighted by Gasteiger charge is 2.30. The van der Waals surface area contributed by atoms with Crippen LogP contribution < -0.4 is 14.8 Å². The van der Waals surface area contributed by atoms with E-state index in [1.807, 2.05) is 61.2 Å². The van der Waals surface area contributed by atoms with E-state index in [-0.39, 0.29) is 11.8 Å². The molecule has 1 aromatic carbocycles. The number of carbonyl (C=O) groups excluding carboxylic acids is 1. The molecule has 10 heteroatoms. The van der Waals surface area contributed by atoms with Crippen LogP contribution in [0.5, 0.6) is 17.4 Å². The monoisotopic (exact) mass is 544 g/mol. The number of carbonyl (C=O) groups is 1. The average Bonchev–Trinajstić information content (AvgIpc) is 3.30. The van der Waals surface area contributed by atoms with E-state index in [9.17, 15) is 4.79 Å². The van der Waals surface area contributed by atoms with E-state index in [0.717, 1.165) is 44.5 Å². The van der Waals surface area contributed by atoms with Crippen molar-refractivity contribution in [3.05, 3.63) is 71.0 Å². The lowest BCUT2D eigenvalue weighted by Gasteiger charge is -2.30. The number of nitrogens with zero attached hydrogens (tertiary/aromatic N) is 5. The Hall–Kier alpha value is -4.02. The Morgan fingerprint density at radius 3 is 2.79 bits per heavy atom. The fraction of sp³-hybridized carbons (Fsp3) is 0.310. The zero-order chi connectivity index (χ0) is 27.5. The van der Waals surface area contributed by atoms with Gasteiger partial charge in [-0.1, -0.05) is 13.0 Å². The number of nitrogens with one attached hydrogen (secondary N) is 1. The summed E-state index contributed by atoms with van der Waals surface area (Å²) < 4.78 is 11.1. The molecule has 0 saturated carbocycles. The second kappa shape index (κ2) is 11.4. The molecule has 1 amide bonds. The molecule has 0 bridgehead atoms. The van der Waals surface area contributed by atoms with Crippen LogP contribution in [-0.2, 0) is 11.3 Å². The molecule has 4 aromatic rings. The van der Waals surface area contributed by atoms with Crippen LogP contribution in [0.15, 0.2) is 55.0 Å². The zero-order valence-corrected chi connectivity index (χ0v) is 23.6. The normalized spacial score (nSPS) is 15.1. The van der Waals surface area contributed by atoms with Gasteiger partial charge in [0.2, 0.25) is 11.8 Å². The summed E-state index contributed by atoms with van der Waals surface area (Å²) in [6, 6.07) is 9.52. The van der Waals surface area contributed by atoms with Crippen LogP contribution in [0, 0.1) is 6.92 Å². The highest BCUT2D eigenvalue weighted by Crippen LogP contribution is 2.42. The summed E-state index contributed by atoms with van der Waals surface area (Å²) in [4.78, 5) is 32.2. The van der Waals surface area contributed by atoms with E-state index in [1.165, 1.54) is 5.56 Å². The molecule has 0 radical (unpaired) electrons. The van der Waals surface area contributed by atoms with Gasteiger partial charge in [0.15, 0.2) is 0 Å². The van der Waals surface area contributed by atoms with Crippen molar-refractivity contribution in [2.24, 2.45) is 0 Å². The van der Waals surface area contributed by atoms with Gasteiger partial charge in [0.25, 0.3) is 0 Å². The number of aryl methyl sites for hydroxylation is 1. The molecular formula is C29H32N6O3S. The van der Waals surface area contributed by atoms with Crippen LogP contribution in [0.4, 0.5) is 11.5 Å². The topological polar surface area (TPSA) is 92.7 Å². The van der Waals surface area contributed by atoms with Crippen molar-refractivity contribution in [1.29, 1.82) is 0 Å². The Balaban J connectivity index is 1.36. The number of rotatable bonds is 8. The van der Waals surface area contributed by atoms with Gasteiger partial charge in [0.1, 0.15) is 28.5 Å². The number of anilines is 2. The Morgan fingerprint density at radius 2 is 2.08 bits per heavy atom. The molecule has 1 aliphatic heterocycles. The highest BCUT2D eigenvalue weighted by atomic mass is 32.1. The van der Waals surface area contributed by atoms with Gasteiger partial charge in [-0.3, -0.25) is 4.79 Å². The molecule has 5 rings (SSSR count). The third kappa shape index (κ3) is 5.86. The fourth-order valence-electron chi connectivity index (χ4n) is 4.68. The number of hydrogen-bond acceptors (Lipinski definition) is 9. The standard InChI is InChI=1S/C29H32N6O3S/c1-18-13-20(8-10-22(18)38-21-9-11-24(37-5)30-14-21)33-28-27-26-19(2)15-35(25(36)7-6-12-34(3)4)16-23(26)39-29(27)32-17-31-28/h6-11,13-14,17,19H,12,15-16H2,1-5H3,(H,31,32,33)/b7-6+/t19-/m1/s1. The summed E-state index contributed by atoms with van der Waals surface area (Å²) >= 11 is 1.64. The first kappa shape index (κ1) is 26.6. The van der Waals surface area contributed by atoms with E-state index < -0.39 is 0 Å². The van der Waals surface area contributed by atoms with Crippen molar-refractivity contribution in [1.82, 2.24) is 24.8 Å².